The Morgan fingerprint density at radius 1 is 0.842 bits per heavy atom. The summed E-state index contributed by atoms with van der Waals surface area (Å²) in [4.78, 5) is 12.0. The Hall–Kier alpha value is -2.30. The Morgan fingerprint density at radius 2 is 1.37 bits per heavy atom. The van der Waals surface area contributed by atoms with Crippen molar-refractivity contribution in [1.29, 1.82) is 0 Å². The third-order valence-corrected chi connectivity index (χ3v) is 2.39. The fourth-order valence-electron chi connectivity index (χ4n) is 1.56. The average molecular weight is 265 g/mol. The number of halogens is 3. The first-order valence-corrected chi connectivity index (χ1v) is 5.41. The Kier molecular flexibility index (Phi) is 3.55. The number of hydrogen-bond acceptors (Lipinski definition) is 2. The molecule has 0 N–H and O–H groups in total. The predicted octanol–water partition coefficient (Wildman–Crippen LogP) is 3.82. The third-order valence-electron chi connectivity index (χ3n) is 2.39. The lowest BCUT2D eigenvalue weighted by Crippen LogP contribution is -2.17. The summed E-state index contributed by atoms with van der Waals surface area (Å²) in [5.41, 5.74) is 0.785. The maximum Gasteiger partial charge on any atom is 0.573 e. The van der Waals surface area contributed by atoms with Crippen LogP contribution in [0.3, 0.4) is 0 Å². The van der Waals surface area contributed by atoms with E-state index in [0.29, 0.717) is 11.1 Å². The van der Waals surface area contributed by atoms with Crippen LogP contribution in [-0.2, 0) is 0 Å². The van der Waals surface area contributed by atoms with Crippen LogP contribution in [0.4, 0.5) is 13.2 Å². The topological polar surface area (TPSA) is 26.3 Å². The quantitative estimate of drug-likeness (QED) is 0.789. The Balaban J connectivity index is 2.17. The second kappa shape index (κ2) is 5.14. The van der Waals surface area contributed by atoms with Gasteiger partial charge in [-0.05, 0) is 24.3 Å². The molecule has 2 aromatic carbocycles. The summed E-state index contributed by atoms with van der Waals surface area (Å²) < 4.78 is 39.7. The highest BCUT2D eigenvalue weighted by Crippen LogP contribution is 2.23. The summed E-state index contributed by atoms with van der Waals surface area (Å²) >= 11 is 0. The zero-order valence-corrected chi connectivity index (χ0v) is 9.65. The normalized spacial score (nSPS) is 11.1. The van der Waals surface area contributed by atoms with Crippen molar-refractivity contribution in [3.63, 3.8) is 0 Å². The van der Waals surface area contributed by atoms with Crippen molar-refractivity contribution in [2.75, 3.05) is 0 Å². The molecule has 0 saturated carbocycles. The highest BCUT2D eigenvalue weighted by Gasteiger charge is 2.31. The largest absolute Gasteiger partial charge is 0.573 e. The third kappa shape index (κ3) is 3.58. The summed E-state index contributed by atoms with van der Waals surface area (Å²) in [5.74, 6) is -0.601. The van der Waals surface area contributed by atoms with Gasteiger partial charge in [0.2, 0.25) is 0 Å². The zero-order valence-electron chi connectivity index (χ0n) is 9.65. The van der Waals surface area contributed by atoms with E-state index in [1.54, 1.807) is 30.3 Å². The van der Waals surface area contributed by atoms with Crippen LogP contribution in [-0.4, -0.2) is 12.1 Å². The molecule has 0 unspecified atom stereocenters. The molecule has 0 aliphatic rings. The summed E-state index contributed by atoms with van der Waals surface area (Å²) in [6.07, 6.45) is -4.73. The molecule has 0 fully saturated rings. The minimum absolute atomic E-state index is 0.251. The van der Waals surface area contributed by atoms with Crippen molar-refractivity contribution in [2.24, 2.45) is 0 Å². The number of hydrogen-bond donors (Lipinski definition) is 0. The SMILES string of the molecule is O=C(c1ccccc1)c1ccc(OC(F)(F)[18F])cc1. The molecule has 98 valence electrons. The number of rotatable bonds is 3. The average Bonchev–Trinajstić information content (AvgIpc) is 2.38. The molecule has 0 spiro atoms. The summed E-state index contributed by atoms with van der Waals surface area (Å²) in [5, 5.41) is 0. The Labute approximate surface area is 107 Å². The van der Waals surface area contributed by atoms with E-state index in [9.17, 15) is 18.0 Å². The highest BCUT2D eigenvalue weighted by molar-refractivity contribution is 6.08. The van der Waals surface area contributed by atoms with Crippen LogP contribution in [0.5, 0.6) is 5.75 Å². The van der Waals surface area contributed by atoms with E-state index in [2.05, 4.69) is 4.74 Å². The van der Waals surface area contributed by atoms with Crippen molar-refractivity contribution in [1.82, 2.24) is 0 Å². The maximum atomic E-state index is 12.0. The van der Waals surface area contributed by atoms with Gasteiger partial charge in [0, 0.05) is 11.1 Å². The van der Waals surface area contributed by atoms with E-state index < -0.39 is 6.36 Å². The lowest BCUT2D eigenvalue weighted by molar-refractivity contribution is -0.274. The van der Waals surface area contributed by atoms with Crippen molar-refractivity contribution in [3.8, 4) is 5.75 Å². The molecule has 0 aliphatic heterocycles. The first-order chi connectivity index (χ1) is 8.96. The Morgan fingerprint density at radius 3 is 1.89 bits per heavy atom. The number of carbonyl (C=O) groups excluding carboxylic acids is 1. The van der Waals surface area contributed by atoms with Crippen LogP contribution in [0, 0.1) is 0 Å². The summed E-state index contributed by atoms with van der Waals surface area (Å²) in [6.45, 7) is 0. The van der Waals surface area contributed by atoms with E-state index >= 15 is 0 Å². The molecule has 0 heterocycles. The molecule has 0 atom stereocenters. The molecular formula is C14H9F3O2. The molecule has 0 amide bonds. The van der Waals surface area contributed by atoms with Gasteiger partial charge in [0.05, 0.1) is 0 Å². The molecule has 2 nitrogen and oxygen atoms in total. The van der Waals surface area contributed by atoms with Crippen LogP contribution < -0.4 is 4.74 Å². The molecule has 0 bridgehead atoms. The van der Waals surface area contributed by atoms with Crippen molar-refractivity contribution in [3.05, 3.63) is 65.7 Å². The molecule has 0 aromatic heterocycles. The fourth-order valence-corrected chi connectivity index (χ4v) is 1.56. The molecule has 0 radical (unpaired) electrons. The standard InChI is InChI=1S/C14H9F3O2/c15-14(16,17)19-12-8-6-11(7-9-12)13(18)10-4-2-1-3-5-10/h1-9H/i15-1. The number of ether oxygens (including phenoxy) is 1. The van der Waals surface area contributed by atoms with E-state index in [-0.39, 0.29) is 11.5 Å². The van der Waals surface area contributed by atoms with Gasteiger partial charge in [0.1, 0.15) is 5.75 Å². The van der Waals surface area contributed by atoms with Gasteiger partial charge in [0.15, 0.2) is 5.78 Å². The van der Waals surface area contributed by atoms with Crippen LogP contribution >= 0.6 is 0 Å². The van der Waals surface area contributed by atoms with E-state index in [1.165, 1.54) is 12.1 Å². The van der Waals surface area contributed by atoms with Gasteiger partial charge >= 0.3 is 6.36 Å². The van der Waals surface area contributed by atoms with Gasteiger partial charge in [0.25, 0.3) is 0 Å². The predicted molar refractivity (Wildman–Crippen MR) is 63.0 cm³/mol. The first kappa shape index (κ1) is 13.1. The van der Waals surface area contributed by atoms with E-state index in [0.717, 1.165) is 12.1 Å². The second-order valence-electron chi connectivity index (χ2n) is 3.77. The minimum atomic E-state index is -4.73. The molecule has 2 aromatic rings. The molecule has 19 heavy (non-hydrogen) atoms. The van der Waals surface area contributed by atoms with Crippen molar-refractivity contribution < 1.29 is 22.7 Å². The van der Waals surface area contributed by atoms with Crippen LogP contribution in [0.1, 0.15) is 15.9 Å². The van der Waals surface area contributed by atoms with Gasteiger partial charge in [-0.2, -0.15) is 0 Å². The smallest absolute Gasteiger partial charge is 0.406 e. The minimum Gasteiger partial charge on any atom is -0.406 e. The molecule has 2 rings (SSSR count). The van der Waals surface area contributed by atoms with E-state index in [1.807, 2.05) is 0 Å². The van der Waals surface area contributed by atoms with Crippen LogP contribution in [0.2, 0.25) is 0 Å². The number of benzene rings is 2. The number of ketones is 1. The van der Waals surface area contributed by atoms with Crippen LogP contribution in [0.15, 0.2) is 54.6 Å². The van der Waals surface area contributed by atoms with Gasteiger partial charge < -0.3 is 4.74 Å². The Bertz CT molecular complexity index is 559. The second-order valence-corrected chi connectivity index (χ2v) is 3.77. The van der Waals surface area contributed by atoms with Gasteiger partial charge in [-0.25, -0.2) is 0 Å². The molecular weight excluding hydrogens is 256 g/mol. The monoisotopic (exact) mass is 265 g/mol. The summed E-state index contributed by atoms with van der Waals surface area (Å²) in [6, 6.07) is 13.3. The zero-order chi connectivity index (χ0) is 13.9. The first-order valence-electron chi connectivity index (χ1n) is 5.41. The molecule has 0 aliphatic carbocycles. The highest BCUT2D eigenvalue weighted by atomic mass is 19.3. The van der Waals surface area contributed by atoms with E-state index in [4.69, 9.17) is 0 Å². The van der Waals surface area contributed by atoms with Gasteiger partial charge in [-0.15, -0.1) is 13.2 Å². The molecule has 0 saturated heterocycles. The van der Waals surface area contributed by atoms with Gasteiger partial charge in [-0.3, -0.25) is 4.79 Å². The molecule has 5 heteroatoms. The lowest BCUT2D eigenvalue weighted by Gasteiger charge is -2.09. The van der Waals surface area contributed by atoms with Crippen LogP contribution in [0.25, 0.3) is 0 Å². The fraction of sp³-hybridized carbons (Fsp3) is 0.0714. The maximum absolute atomic E-state index is 12.0. The van der Waals surface area contributed by atoms with Crippen molar-refractivity contribution >= 4 is 5.78 Å². The summed E-state index contributed by atoms with van der Waals surface area (Å²) in [7, 11) is 0. The number of alkyl halides is 3. The van der Waals surface area contributed by atoms with Crippen molar-refractivity contribution in [2.45, 2.75) is 6.36 Å². The number of carbonyl (C=O) groups is 1. The lowest BCUT2D eigenvalue weighted by atomic mass is 10.0. The van der Waals surface area contributed by atoms with Gasteiger partial charge in [-0.1, -0.05) is 30.3 Å².